The van der Waals surface area contributed by atoms with Crippen LogP contribution in [0, 0.1) is 24.7 Å². The van der Waals surface area contributed by atoms with Crippen LogP contribution in [0.5, 0.6) is 0 Å². The topological polar surface area (TPSA) is 65.1 Å². The van der Waals surface area contributed by atoms with Crippen molar-refractivity contribution in [3.05, 3.63) is 39.8 Å². The van der Waals surface area contributed by atoms with Crippen LogP contribution in [0.15, 0.2) is 28.0 Å². The van der Waals surface area contributed by atoms with Gasteiger partial charge in [-0.3, -0.25) is 4.99 Å². The van der Waals surface area contributed by atoms with E-state index >= 15 is 0 Å². The van der Waals surface area contributed by atoms with Gasteiger partial charge in [-0.25, -0.2) is 4.79 Å². The van der Waals surface area contributed by atoms with Crippen LogP contribution < -0.4 is 5.69 Å². The molecule has 8 heteroatoms. The van der Waals surface area contributed by atoms with Crippen molar-refractivity contribution in [2.24, 2.45) is 29.8 Å². The summed E-state index contributed by atoms with van der Waals surface area (Å²) in [5, 5.41) is 7.93. The fourth-order valence-electron chi connectivity index (χ4n) is 6.20. The van der Waals surface area contributed by atoms with Gasteiger partial charge < -0.3 is 0 Å². The van der Waals surface area contributed by atoms with Crippen LogP contribution in [-0.2, 0) is 12.8 Å². The number of rotatable bonds is 4. The molecule has 4 aliphatic rings. The third kappa shape index (κ3) is 3.66. The summed E-state index contributed by atoms with van der Waals surface area (Å²) < 4.78 is 3.84. The summed E-state index contributed by atoms with van der Waals surface area (Å²) in [5.41, 5.74) is 3.07. The highest BCUT2D eigenvalue weighted by atomic mass is 32.2. The molecule has 1 aromatic heterocycles. The lowest BCUT2D eigenvalue weighted by atomic mass is 9.53. The Bertz CT molecular complexity index is 1010. The highest BCUT2D eigenvalue weighted by Crippen LogP contribution is 2.57. The molecular weight excluding hydrogens is 414 g/mol. The van der Waals surface area contributed by atoms with Crippen LogP contribution in [0.2, 0.25) is 0 Å². The molecule has 0 N–H and O–H groups in total. The fourth-order valence-corrected chi connectivity index (χ4v) is 8.04. The first-order valence-corrected chi connectivity index (χ1v) is 13.0. The Balaban J connectivity index is 1.40. The molecule has 0 unspecified atom stereocenters. The molecule has 4 aliphatic carbocycles. The van der Waals surface area contributed by atoms with Crippen molar-refractivity contribution in [2.75, 3.05) is 6.26 Å². The van der Waals surface area contributed by atoms with Gasteiger partial charge in [-0.1, -0.05) is 23.9 Å². The number of aryl methyl sites for hydroxylation is 2. The van der Waals surface area contributed by atoms with Crippen LogP contribution in [0.1, 0.15) is 49.7 Å². The zero-order valence-electron chi connectivity index (χ0n) is 17.9. The van der Waals surface area contributed by atoms with E-state index in [0.29, 0.717) is 0 Å². The van der Waals surface area contributed by atoms with Crippen molar-refractivity contribution in [1.82, 2.24) is 19.8 Å². The molecule has 4 saturated carbocycles. The Hall–Kier alpha value is -1.54. The molecule has 4 fully saturated rings. The molecule has 0 atom stereocenters. The second-order valence-corrected chi connectivity index (χ2v) is 11.4. The Kier molecular flexibility index (Phi) is 5.34. The Morgan fingerprint density at radius 2 is 1.83 bits per heavy atom. The number of hydrogen-bond donors (Lipinski definition) is 0. The minimum atomic E-state index is -0.223. The SMILES string of the molecule is CSC(=NC12CC3CC(CC(C3)C1)C2)SCc1c(C)cccc1-n1nnn(C)c1=O. The van der Waals surface area contributed by atoms with Gasteiger partial charge in [0, 0.05) is 12.8 Å². The number of tetrazole rings is 1. The molecule has 1 aromatic carbocycles. The molecule has 0 saturated heterocycles. The lowest BCUT2D eigenvalue weighted by molar-refractivity contribution is 0.00197. The van der Waals surface area contributed by atoms with Crippen LogP contribution in [-0.4, -0.2) is 36.0 Å². The van der Waals surface area contributed by atoms with E-state index in [9.17, 15) is 4.79 Å². The number of thioether (sulfide) groups is 2. The first kappa shape index (κ1) is 20.4. The van der Waals surface area contributed by atoms with E-state index in [2.05, 4.69) is 29.7 Å². The fraction of sp³-hybridized carbons (Fsp3) is 0.636. The third-order valence-electron chi connectivity index (χ3n) is 7.18. The molecule has 30 heavy (non-hydrogen) atoms. The lowest BCUT2D eigenvalue weighted by Crippen LogP contribution is -2.49. The van der Waals surface area contributed by atoms with E-state index in [-0.39, 0.29) is 11.2 Å². The predicted octanol–water partition coefficient (Wildman–Crippen LogP) is 4.20. The van der Waals surface area contributed by atoms with Gasteiger partial charge in [0.15, 0.2) is 0 Å². The highest BCUT2D eigenvalue weighted by molar-refractivity contribution is 8.38. The smallest absolute Gasteiger partial charge is 0.265 e. The van der Waals surface area contributed by atoms with Crippen molar-refractivity contribution in [3.8, 4) is 5.69 Å². The Morgan fingerprint density at radius 1 is 1.17 bits per heavy atom. The number of benzene rings is 1. The maximum absolute atomic E-state index is 12.4. The summed E-state index contributed by atoms with van der Waals surface area (Å²) in [7, 11) is 1.63. The molecule has 0 radical (unpaired) electrons. The summed E-state index contributed by atoms with van der Waals surface area (Å²) in [6.45, 7) is 2.09. The van der Waals surface area contributed by atoms with E-state index in [1.165, 1.54) is 52.3 Å². The van der Waals surface area contributed by atoms with Gasteiger partial charge in [-0.2, -0.15) is 9.36 Å². The maximum atomic E-state index is 12.4. The monoisotopic (exact) mass is 443 g/mol. The Labute approximate surface area is 185 Å². The summed E-state index contributed by atoms with van der Waals surface area (Å²) in [4.78, 5) is 17.8. The van der Waals surface area contributed by atoms with Gasteiger partial charge in [0.25, 0.3) is 0 Å². The third-order valence-corrected chi connectivity index (χ3v) is 9.25. The second-order valence-electron chi connectivity index (χ2n) is 9.38. The number of aromatic nitrogens is 4. The molecule has 4 bridgehead atoms. The first-order chi connectivity index (χ1) is 14.5. The van der Waals surface area contributed by atoms with Crippen molar-refractivity contribution < 1.29 is 0 Å². The number of nitrogens with zero attached hydrogens (tertiary/aromatic N) is 5. The number of hydrogen-bond acceptors (Lipinski definition) is 6. The molecule has 6 nitrogen and oxygen atoms in total. The average molecular weight is 444 g/mol. The van der Waals surface area contributed by atoms with Crippen LogP contribution in [0.25, 0.3) is 5.69 Å². The summed E-state index contributed by atoms with van der Waals surface area (Å²) in [6, 6.07) is 6.02. The minimum absolute atomic E-state index is 0.191. The van der Waals surface area contributed by atoms with Crippen LogP contribution >= 0.6 is 23.5 Å². The molecular formula is C22H29N5OS2. The first-order valence-electron chi connectivity index (χ1n) is 10.8. The van der Waals surface area contributed by atoms with Crippen molar-refractivity contribution in [1.29, 1.82) is 0 Å². The van der Waals surface area contributed by atoms with Gasteiger partial charge in [0.1, 0.15) is 4.38 Å². The Morgan fingerprint density at radius 3 is 2.40 bits per heavy atom. The molecule has 6 rings (SSSR count). The summed E-state index contributed by atoms with van der Waals surface area (Å²) in [5.74, 6) is 3.48. The molecule has 2 aromatic rings. The van der Waals surface area contributed by atoms with Crippen LogP contribution in [0.3, 0.4) is 0 Å². The lowest BCUT2D eigenvalue weighted by Gasteiger charge is -2.55. The van der Waals surface area contributed by atoms with Crippen molar-refractivity contribution in [2.45, 2.75) is 56.7 Å². The predicted molar refractivity (Wildman–Crippen MR) is 124 cm³/mol. The van der Waals surface area contributed by atoms with Gasteiger partial charge in [0.2, 0.25) is 0 Å². The van der Waals surface area contributed by atoms with E-state index < -0.39 is 0 Å². The van der Waals surface area contributed by atoms with E-state index in [4.69, 9.17) is 4.99 Å². The van der Waals surface area contributed by atoms with E-state index in [1.54, 1.807) is 30.6 Å². The molecule has 160 valence electrons. The zero-order valence-corrected chi connectivity index (χ0v) is 19.5. The minimum Gasteiger partial charge on any atom is -0.265 e. The van der Waals surface area contributed by atoms with Gasteiger partial charge in [-0.05, 0) is 97.1 Å². The van der Waals surface area contributed by atoms with Crippen LogP contribution in [0.4, 0.5) is 0 Å². The van der Waals surface area contributed by atoms with E-state index in [1.807, 2.05) is 12.1 Å². The van der Waals surface area contributed by atoms with E-state index in [0.717, 1.165) is 40.3 Å². The van der Waals surface area contributed by atoms with Crippen molar-refractivity contribution >= 4 is 27.9 Å². The largest absolute Gasteiger partial charge is 0.368 e. The normalized spacial score (nSPS) is 30.2. The quantitative estimate of drug-likeness (QED) is 0.523. The molecule has 0 aliphatic heterocycles. The van der Waals surface area contributed by atoms with Gasteiger partial charge in [-0.15, -0.1) is 11.8 Å². The zero-order chi connectivity index (χ0) is 20.9. The highest BCUT2D eigenvalue weighted by Gasteiger charge is 2.51. The average Bonchev–Trinajstić information content (AvgIpc) is 3.03. The van der Waals surface area contributed by atoms with Gasteiger partial charge >= 0.3 is 5.69 Å². The molecule has 0 spiro atoms. The molecule has 1 heterocycles. The second kappa shape index (κ2) is 7.86. The summed E-state index contributed by atoms with van der Waals surface area (Å²) in [6.07, 6.45) is 10.3. The maximum Gasteiger partial charge on any atom is 0.368 e. The van der Waals surface area contributed by atoms with Gasteiger partial charge in [0.05, 0.1) is 11.2 Å². The van der Waals surface area contributed by atoms with Crippen molar-refractivity contribution in [3.63, 3.8) is 0 Å². The summed E-state index contributed by atoms with van der Waals surface area (Å²) >= 11 is 3.57. The standard InChI is InChI=1S/C22H29N5OS2/c1-14-5-4-6-19(27-21(28)26(2)24-25-27)18(14)13-30-20(29-3)23-22-10-15-7-16(11-22)9-17(8-15)12-22/h4-6,15-17H,7-13H2,1-3H3. The number of aliphatic imine (C=N–C) groups is 1. The molecule has 0 amide bonds.